The third-order valence-electron chi connectivity index (χ3n) is 8.34. The van der Waals surface area contributed by atoms with Crippen molar-refractivity contribution in [1.82, 2.24) is 40.6 Å². The second-order valence-corrected chi connectivity index (χ2v) is 11.9. The van der Waals surface area contributed by atoms with Crippen LogP contribution in [0.4, 0.5) is 0 Å². The van der Waals surface area contributed by atoms with E-state index in [-0.39, 0.29) is 42.5 Å². The van der Waals surface area contributed by atoms with E-state index in [9.17, 15) is 19.2 Å². The minimum atomic E-state index is -0.791. The van der Waals surface area contributed by atoms with E-state index in [0.717, 1.165) is 5.56 Å². The van der Waals surface area contributed by atoms with Crippen molar-refractivity contribution < 1.29 is 28.7 Å². The molecular formula is C34H46N8O6. The average Bonchev–Trinajstić information content (AvgIpc) is 3.48. The van der Waals surface area contributed by atoms with Crippen LogP contribution in [-0.2, 0) is 27.3 Å². The Hall–Kier alpha value is -5.01. The zero-order valence-electron chi connectivity index (χ0n) is 28.3. The van der Waals surface area contributed by atoms with Gasteiger partial charge in [-0.25, -0.2) is 9.67 Å². The summed E-state index contributed by atoms with van der Waals surface area (Å²) in [4.78, 5) is 63.6. The normalized spacial score (nSPS) is 19.1. The number of nitrogens with one attached hydrogen (secondary N) is 3. The van der Waals surface area contributed by atoms with Gasteiger partial charge in [0.05, 0.1) is 20.3 Å². The number of fused-ring (bicyclic) bond motifs is 1. The molecule has 14 heteroatoms. The number of carbonyl (C=O) groups is 4. The van der Waals surface area contributed by atoms with Crippen LogP contribution >= 0.6 is 0 Å². The molecule has 3 atom stereocenters. The summed E-state index contributed by atoms with van der Waals surface area (Å²) in [6.07, 6.45) is 3.58. The summed E-state index contributed by atoms with van der Waals surface area (Å²) in [5.41, 5.74) is 1.17. The fourth-order valence-corrected chi connectivity index (χ4v) is 5.49. The van der Waals surface area contributed by atoms with Crippen molar-refractivity contribution in [3.05, 3.63) is 65.5 Å². The fourth-order valence-electron chi connectivity index (χ4n) is 5.49. The van der Waals surface area contributed by atoms with Crippen molar-refractivity contribution in [3.8, 4) is 11.5 Å². The lowest BCUT2D eigenvalue weighted by molar-refractivity contribution is -0.130. The Bertz CT molecular complexity index is 1560. The monoisotopic (exact) mass is 662 g/mol. The Labute approximate surface area is 281 Å². The molecule has 0 unspecified atom stereocenters. The lowest BCUT2D eigenvalue weighted by atomic mass is 9.97. The number of amides is 4. The van der Waals surface area contributed by atoms with Gasteiger partial charge in [0.25, 0.3) is 5.91 Å². The van der Waals surface area contributed by atoms with Gasteiger partial charge in [0, 0.05) is 38.7 Å². The summed E-state index contributed by atoms with van der Waals surface area (Å²) in [6, 6.07) is 9.24. The molecule has 0 bridgehead atoms. The summed E-state index contributed by atoms with van der Waals surface area (Å²) in [7, 11) is 3.13. The standard InChI is InChI=1S/C34H46N8O6/c1-6-22(2)31-33(45)37-23(3)32-38-28(20-24-13-14-26(47-4)27(19-24)48-5)40-42(32)21-30(44)36-16-10-18-41(17-9-12-29(43)39-31)34(46)25-11-7-8-15-35-25/h7-8,11,13-15,19,22-23,31H,6,9-10,12,16-18,20-21H2,1-5H3,(H,36,44)(H,37,45)(H,39,43)/t22-,23+,31-/m0/s1. The molecule has 3 heterocycles. The number of hydrogen-bond donors (Lipinski definition) is 3. The van der Waals surface area contributed by atoms with Gasteiger partial charge in [-0.05, 0) is 55.5 Å². The highest BCUT2D eigenvalue weighted by Crippen LogP contribution is 2.28. The molecule has 0 radical (unpaired) electrons. The summed E-state index contributed by atoms with van der Waals surface area (Å²) < 4.78 is 12.3. The summed E-state index contributed by atoms with van der Waals surface area (Å²) in [5.74, 6) is 0.679. The molecule has 0 saturated carbocycles. The van der Waals surface area contributed by atoms with E-state index in [2.05, 4.69) is 26.0 Å². The largest absolute Gasteiger partial charge is 0.493 e. The predicted molar refractivity (Wildman–Crippen MR) is 177 cm³/mol. The van der Waals surface area contributed by atoms with E-state index in [1.165, 1.54) is 4.68 Å². The number of carbonyl (C=O) groups excluding carboxylic acids is 4. The van der Waals surface area contributed by atoms with Crippen molar-refractivity contribution in [2.45, 2.75) is 71.5 Å². The van der Waals surface area contributed by atoms with Gasteiger partial charge in [0.2, 0.25) is 17.7 Å². The first kappa shape index (κ1) is 35.8. The van der Waals surface area contributed by atoms with Crippen molar-refractivity contribution in [3.63, 3.8) is 0 Å². The molecule has 258 valence electrons. The number of aromatic nitrogens is 4. The molecular weight excluding hydrogens is 616 g/mol. The van der Waals surface area contributed by atoms with Crippen LogP contribution in [-0.4, -0.2) is 88.2 Å². The lowest BCUT2D eigenvalue weighted by Gasteiger charge is -2.26. The maximum Gasteiger partial charge on any atom is 0.272 e. The minimum Gasteiger partial charge on any atom is -0.493 e. The average molecular weight is 663 g/mol. The zero-order valence-corrected chi connectivity index (χ0v) is 28.3. The summed E-state index contributed by atoms with van der Waals surface area (Å²) >= 11 is 0. The van der Waals surface area contributed by atoms with Crippen LogP contribution in [0.5, 0.6) is 11.5 Å². The molecule has 1 aromatic carbocycles. The topological polar surface area (TPSA) is 170 Å². The summed E-state index contributed by atoms with van der Waals surface area (Å²) in [5, 5.41) is 13.5. The number of benzene rings is 1. The number of hydrogen-bond acceptors (Lipinski definition) is 9. The highest BCUT2D eigenvalue weighted by atomic mass is 16.5. The molecule has 3 N–H and O–H groups in total. The van der Waals surface area contributed by atoms with E-state index in [0.29, 0.717) is 74.2 Å². The molecule has 4 amide bonds. The third-order valence-corrected chi connectivity index (χ3v) is 8.34. The van der Waals surface area contributed by atoms with Crippen LogP contribution in [0.15, 0.2) is 42.6 Å². The van der Waals surface area contributed by atoms with E-state index >= 15 is 0 Å². The van der Waals surface area contributed by atoms with Crippen LogP contribution in [0.2, 0.25) is 0 Å². The molecule has 1 aliphatic heterocycles. The third kappa shape index (κ3) is 9.52. The van der Waals surface area contributed by atoms with Crippen LogP contribution < -0.4 is 25.4 Å². The van der Waals surface area contributed by atoms with Crippen molar-refractivity contribution in [2.75, 3.05) is 33.9 Å². The Kier molecular flexibility index (Phi) is 12.9. The van der Waals surface area contributed by atoms with Crippen molar-refractivity contribution in [1.29, 1.82) is 0 Å². The summed E-state index contributed by atoms with van der Waals surface area (Å²) in [6.45, 7) is 6.50. The van der Waals surface area contributed by atoms with E-state index < -0.39 is 12.1 Å². The Morgan fingerprint density at radius 3 is 2.50 bits per heavy atom. The Balaban J connectivity index is 1.60. The molecule has 14 nitrogen and oxygen atoms in total. The molecule has 2 aromatic heterocycles. The highest BCUT2D eigenvalue weighted by Gasteiger charge is 2.29. The smallest absolute Gasteiger partial charge is 0.272 e. The molecule has 0 spiro atoms. The van der Waals surface area contributed by atoms with Crippen LogP contribution in [0.1, 0.15) is 80.2 Å². The maximum absolute atomic E-state index is 13.6. The molecule has 0 aliphatic carbocycles. The van der Waals surface area contributed by atoms with Gasteiger partial charge in [-0.3, -0.25) is 24.2 Å². The van der Waals surface area contributed by atoms with Crippen molar-refractivity contribution in [2.24, 2.45) is 5.92 Å². The highest BCUT2D eigenvalue weighted by molar-refractivity contribution is 5.92. The molecule has 0 fully saturated rings. The Morgan fingerprint density at radius 1 is 1.02 bits per heavy atom. The predicted octanol–water partition coefficient (Wildman–Crippen LogP) is 2.43. The number of rotatable bonds is 7. The van der Waals surface area contributed by atoms with Gasteiger partial charge < -0.3 is 30.3 Å². The Morgan fingerprint density at radius 2 is 1.79 bits per heavy atom. The van der Waals surface area contributed by atoms with Gasteiger partial charge in [0.15, 0.2) is 17.3 Å². The SMILES string of the molecule is CC[C@H](C)[C@@H]1NC(=O)CCCN(C(=O)c2ccccn2)CCCNC(=O)Cn2nc(Cc3ccc(OC)c(OC)c3)nc2[C@@H](C)NC1=O. The van der Waals surface area contributed by atoms with E-state index in [1.807, 2.05) is 26.0 Å². The molecule has 4 rings (SSSR count). The quantitative estimate of drug-likeness (QED) is 0.344. The lowest BCUT2D eigenvalue weighted by Crippen LogP contribution is -2.51. The van der Waals surface area contributed by atoms with E-state index in [4.69, 9.17) is 14.5 Å². The first-order valence-electron chi connectivity index (χ1n) is 16.3. The molecule has 3 aromatic rings. The van der Waals surface area contributed by atoms with Crippen molar-refractivity contribution >= 4 is 23.6 Å². The number of methoxy groups -OCH3 is 2. The second kappa shape index (κ2) is 17.2. The van der Waals surface area contributed by atoms with Gasteiger partial charge in [-0.1, -0.05) is 32.4 Å². The molecule has 1 aliphatic rings. The number of ether oxygens (including phenoxy) is 2. The molecule has 0 saturated heterocycles. The first-order chi connectivity index (χ1) is 23.1. The zero-order chi connectivity index (χ0) is 34.6. The van der Waals surface area contributed by atoms with Crippen LogP contribution in [0.25, 0.3) is 0 Å². The maximum atomic E-state index is 13.6. The number of nitrogens with zero attached hydrogens (tertiary/aromatic N) is 5. The second-order valence-electron chi connectivity index (χ2n) is 11.9. The molecule has 48 heavy (non-hydrogen) atoms. The van der Waals surface area contributed by atoms with Gasteiger partial charge in [-0.2, -0.15) is 5.10 Å². The first-order valence-corrected chi connectivity index (χ1v) is 16.3. The van der Waals surface area contributed by atoms with Gasteiger partial charge in [-0.15, -0.1) is 0 Å². The van der Waals surface area contributed by atoms with Gasteiger partial charge >= 0.3 is 0 Å². The van der Waals surface area contributed by atoms with Gasteiger partial charge in [0.1, 0.15) is 24.1 Å². The number of pyridine rings is 1. The van der Waals surface area contributed by atoms with E-state index in [1.54, 1.807) is 56.5 Å². The van der Waals surface area contributed by atoms with Crippen LogP contribution in [0.3, 0.4) is 0 Å². The van der Waals surface area contributed by atoms with Crippen LogP contribution in [0, 0.1) is 5.92 Å². The minimum absolute atomic E-state index is 0.128. The fraction of sp³-hybridized carbons (Fsp3) is 0.500.